The first-order valence-electron chi connectivity index (χ1n) is 9.07. The van der Waals surface area contributed by atoms with E-state index in [1.54, 1.807) is 41.3 Å². The molecule has 3 amide bonds. The molecule has 2 aliphatic heterocycles. The fraction of sp³-hybridized carbons (Fsp3) is 0.286. The minimum Gasteiger partial charge on any atom is -0.493 e. The molecule has 0 radical (unpaired) electrons. The number of methoxy groups -OCH3 is 2. The molecular weight excluding hydrogens is 360 g/mol. The molecule has 2 aromatic carbocycles. The van der Waals surface area contributed by atoms with Gasteiger partial charge in [-0.15, -0.1) is 0 Å². The fourth-order valence-electron chi connectivity index (χ4n) is 3.85. The van der Waals surface area contributed by atoms with Gasteiger partial charge in [-0.25, -0.2) is 4.90 Å². The molecule has 2 heterocycles. The van der Waals surface area contributed by atoms with E-state index in [0.29, 0.717) is 35.7 Å². The molecular formula is C21H20N2O5. The molecule has 0 aromatic heterocycles. The van der Waals surface area contributed by atoms with Gasteiger partial charge in [-0.3, -0.25) is 14.4 Å². The molecule has 1 atom stereocenters. The SMILES string of the molecule is COc1ccc(C(=O)N2C(=O)C3CCCN3C(=O)c3ccccc32)cc1OC. The summed E-state index contributed by atoms with van der Waals surface area (Å²) in [6.45, 7) is 0.516. The van der Waals surface area contributed by atoms with Crippen LogP contribution in [0.2, 0.25) is 0 Å². The van der Waals surface area contributed by atoms with Crippen LogP contribution in [0.3, 0.4) is 0 Å². The Morgan fingerprint density at radius 3 is 2.54 bits per heavy atom. The average Bonchev–Trinajstić information content (AvgIpc) is 3.20. The van der Waals surface area contributed by atoms with Crippen LogP contribution in [-0.4, -0.2) is 49.4 Å². The first-order chi connectivity index (χ1) is 13.6. The molecule has 2 aliphatic rings. The Hall–Kier alpha value is -3.35. The van der Waals surface area contributed by atoms with Gasteiger partial charge in [0.05, 0.1) is 25.5 Å². The van der Waals surface area contributed by atoms with Gasteiger partial charge in [-0.1, -0.05) is 12.1 Å². The standard InChI is InChI=1S/C21H20N2O5/c1-27-17-10-9-13(12-18(17)28-2)19(24)23-15-7-4-3-6-14(15)20(25)22-11-5-8-16(22)21(23)26/h3-4,6-7,9-10,12,16H,5,8,11H2,1-2H3. The summed E-state index contributed by atoms with van der Waals surface area (Å²) in [6.07, 6.45) is 1.29. The molecule has 28 heavy (non-hydrogen) atoms. The van der Waals surface area contributed by atoms with Crippen LogP contribution in [0.15, 0.2) is 42.5 Å². The molecule has 0 N–H and O–H groups in total. The Balaban J connectivity index is 1.83. The summed E-state index contributed by atoms with van der Waals surface area (Å²) in [5, 5.41) is 0. The number of rotatable bonds is 3. The van der Waals surface area contributed by atoms with Crippen LogP contribution in [-0.2, 0) is 4.79 Å². The summed E-state index contributed by atoms with van der Waals surface area (Å²) in [4.78, 5) is 42.3. The Bertz CT molecular complexity index is 971. The van der Waals surface area contributed by atoms with Crippen molar-refractivity contribution >= 4 is 23.4 Å². The number of carbonyl (C=O) groups is 3. The predicted octanol–water partition coefficient (Wildman–Crippen LogP) is 2.50. The highest BCUT2D eigenvalue weighted by Crippen LogP contribution is 2.34. The third kappa shape index (κ3) is 2.70. The minimum absolute atomic E-state index is 0.214. The van der Waals surface area contributed by atoms with E-state index in [1.165, 1.54) is 20.3 Å². The van der Waals surface area contributed by atoms with Gasteiger partial charge < -0.3 is 14.4 Å². The van der Waals surface area contributed by atoms with Crippen LogP contribution >= 0.6 is 0 Å². The zero-order valence-corrected chi connectivity index (χ0v) is 15.7. The van der Waals surface area contributed by atoms with E-state index in [0.717, 1.165) is 11.3 Å². The normalized spacial score (nSPS) is 18.4. The van der Waals surface area contributed by atoms with Crippen molar-refractivity contribution in [3.8, 4) is 11.5 Å². The van der Waals surface area contributed by atoms with E-state index in [-0.39, 0.29) is 17.4 Å². The zero-order chi connectivity index (χ0) is 19.8. The summed E-state index contributed by atoms with van der Waals surface area (Å²) >= 11 is 0. The van der Waals surface area contributed by atoms with Crippen molar-refractivity contribution in [2.45, 2.75) is 18.9 Å². The molecule has 1 saturated heterocycles. The van der Waals surface area contributed by atoms with Gasteiger partial charge in [0.1, 0.15) is 6.04 Å². The van der Waals surface area contributed by atoms with Gasteiger partial charge >= 0.3 is 0 Å². The van der Waals surface area contributed by atoms with Gasteiger partial charge in [-0.05, 0) is 43.2 Å². The first-order valence-corrected chi connectivity index (χ1v) is 9.07. The summed E-state index contributed by atoms with van der Waals surface area (Å²) in [5.74, 6) is -0.217. The minimum atomic E-state index is -0.621. The molecule has 1 fully saturated rings. The third-order valence-electron chi connectivity index (χ3n) is 5.23. The number of hydrogen-bond donors (Lipinski definition) is 0. The van der Waals surface area contributed by atoms with Crippen LogP contribution in [0.5, 0.6) is 11.5 Å². The van der Waals surface area contributed by atoms with Crippen LogP contribution in [0.25, 0.3) is 0 Å². The number of benzene rings is 2. The highest BCUT2D eigenvalue weighted by molar-refractivity contribution is 6.26. The Labute approximate surface area is 162 Å². The largest absolute Gasteiger partial charge is 0.493 e. The highest BCUT2D eigenvalue weighted by Gasteiger charge is 2.44. The number of nitrogens with zero attached hydrogens (tertiary/aromatic N) is 2. The molecule has 144 valence electrons. The first kappa shape index (κ1) is 18.0. The molecule has 7 heteroatoms. The molecule has 2 aromatic rings. The number of anilines is 1. The lowest BCUT2D eigenvalue weighted by Crippen LogP contribution is -2.47. The van der Waals surface area contributed by atoms with Crippen LogP contribution in [0.4, 0.5) is 5.69 Å². The van der Waals surface area contributed by atoms with Crippen molar-refractivity contribution < 1.29 is 23.9 Å². The van der Waals surface area contributed by atoms with Crippen molar-refractivity contribution in [3.63, 3.8) is 0 Å². The monoisotopic (exact) mass is 380 g/mol. The number of ether oxygens (including phenoxy) is 2. The number of carbonyl (C=O) groups excluding carboxylic acids is 3. The van der Waals surface area contributed by atoms with Crippen molar-refractivity contribution in [1.29, 1.82) is 0 Å². The summed E-state index contributed by atoms with van der Waals surface area (Å²) in [6, 6.07) is 10.8. The summed E-state index contributed by atoms with van der Waals surface area (Å²) in [7, 11) is 2.99. The lowest BCUT2D eigenvalue weighted by molar-refractivity contribution is -0.121. The number of hydrogen-bond acceptors (Lipinski definition) is 5. The predicted molar refractivity (Wildman–Crippen MR) is 102 cm³/mol. The topological polar surface area (TPSA) is 76.2 Å². The Kier molecular flexibility index (Phi) is 4.50. The fourth-order valence-corrected chi connectivity index (χ4v) is 3.85. The van der Waals surface area contributed by atoms with Crippen molar-refractivity contribution in [3.05, 3.63) is 53.6 Å². The number of fused-ring (bicyclic) bond motifs is 2. The van der Waals surface area contributed by atoms with E-state index in [1.807, 2.05) is 0 Å². The van der Waals surface area contributed by atoms with Crippen molar-refractivity contribution in [1.82, 2.24) is 4.90 Å². The zero-order valence-electron chi connectivity index (χ0n) is 15.7. The maximum atomic E-state index is 13.4. The maximum Gasteiger partial charge on any atom is 0.265 e. The second-order valence-electron chi connectivity index (χ2n) is 6.72. The molecule has 0 spiro atoms. The maximum absolute atomic E-state index is 13.4. The van der Waals surface area contributed by atoms with Gasteiger partial charge in [0.2, 0.25) is 0 Å². The molecule has 0 bridgehead atoms. The molecule has 4 rings (SSSR count). The molecule has 1 unspecified atom stereocenters. The highest BCUT2D eigenvalue weighted by atomic mass is 16.5. The second-order valence-corrected chi connectivity index (χ2v) is 6.72. The molecule has 0 aliphatic carbocycles. The lowest BCUT2D eigenvalue weighted by Gasteiger charge is -2.24. The van der Waals surface area contributed by atoms with E-state index in [9.17, 15) is 14.4 Å². The van der Waals surface area contributed by atoms with E-state index >= 15 is 0 Å². The van der Waals surface area contributed by atoms with Gasteiger partial charge in [0.25, 0.3) is 17.7 Å². The number of para-hydroxylation sites is 1. The van der Waals surface area contributed by atoms with Crippen LogP contribution < -0.4 is 14.4 Å². The van der Waals surface area contributed by atoms with E-state index < -0.39 is 11.9 Å². The van der Waals surface area contributed by atoms with E-state index in [2.05, 4.69) is 0 Å². The van der Waals surface area contributed by atoms with Gasteiger partial charge in [0, 0.05) is 12.1 Å². The van der Waals surface area contributed by atoms with Crippen LogP contribution in [0.1, 0.15) is 33.6 Å². The Morgan fingerprint density at radius 2 is 1.79 bits per heavy atom. The average molecular weight is 380 g/mol. The summed E-state index contributed by atoms with van der Waals surface area (Å²) in [5.41, 5.74) is 0.945. The summed E-state index contributed by atoms with van der Waals surface area (Å²) < 4.78 is 10.5. The lowest BCUT2D eigenvalue weighted by atomic mass is 10.1. The quantitative estimate of drug-likeness (QED) is 0.765. The van der Waals surface area contributed by atoms with Gasteiger partial charge in [-0.2, -0.15) is 0 Å². The smallest absolute Gasteiger partial charge is 0.265 e. The van der Waals surface area contributed by atoms with E-state index in [4.69, 9.17) is 9.47 Å². The Morgan fingerprint density at radius 1 is 1.04 bits per heavy atom. The molecule has 7 nitrogen and oxygen atoms in total. The molecule has 0 saturated carbocycles. The van der Waals surface area contributed by atoms with Crippen molar-refractivity contribution in [2.75, 3.05) is 25.7 Å². The number of amides is 3. The second kappa shape index (κ2) is 6.99. The third-order valence-corrected chi connectivity index (χ3v) is 5.23. The van der Waals surface area contributed by atoms with Gasteiger partial charge in [0.15, 0.2) is 11.5 Å². The van der Waals surface area contributed by atoms with Crippen molar-refractivity contribution in [2.24, 2.45) is 0 Å². The number of imide groups is 1. The van der Waals surface area contributed by atoms with Crippen LogP contribution in [0, 0.1) is 0 Å².